The van der Waals surface area contributed by atoms with Gasteiger partial charge in [0.15, 0.2) is 0 Å². The molecule has 1 amide bonds. The van der Waals surface area contributed by atoms with Crippen LogP contribution in [0, 0.1) is 23.7 Å². The van der Waals surface area contributed by atoms with E-state index in [-0.39, 0.29) is 17.9 Å². The number of nitrogens with zero attached hydrogens (tertiary/aromatic N) is 1. The zero-order valence-electron chi connectivity index (χ0n) is 16.4. The third-order valence-electron chi connectivity index (χ3n) is 7.12. The van der Waals surface area contributed by atoms with E-state index in [2.05, 4.69) is 22.3 Å². The number of ether oxygens (including phenoxy) is 1. The van der Waals surface area contributed by atoms with Crippen LogP contribution in [0.25, 0.3) is 0 Å². The molecule has 2 aliphatic carbocycles. The maximum absolute atomic E-state index is 12.6. The summed E-state index contributed by atoms with van der Waals surface area (Å²) in [5, 5.41) is 3.24. The molecule has 3 aliphatic rings. The van der Waals surface area contributed by atoms with Gasteiger partial charge in [-0.25, -0.2) is 0 Å². The Morgan fingerprint density at radius 2 is 1.85 bits per heavy atom. The Morgan fingerprint density at radius 3 is 2.48 bits per heavy atom. The first-order valence-electron chi connectivity index (χ1n) is 10.5. The Morgan fingerprint density at radius 1 is 1.15 bits per heavy atom. The predicted octanol–water partition coefficient (Wildman–Crippen LogP) is 2.40. The molecule has 2 bridgehead atoms. The zero-order valence-corrected chi connectivity index (χ0v) is 16.4. The summed E-state index contributed by atoms with van der Waals surface area (Å²) in [6.07, 6.45) is 5.89. The van der Waals surface area contributed by atoms with Crippen molar-refractivity contribution in [3.8, 4) is 5.75 Å². The summed E-state index contributed by atoms with van der Waals surface area (Å²) >= 11 is 0. The van der Waals surface area contributed by atoms with E-state index < -0.39 is 0 Å². The summed E-state index contributed by atoms with van der Waals surface area (Å²) in [7, 11) is 1.70. The number of rotatable bonds is 6. The number of nitrogens with one attached hydrogen (secondary N) is 1. The Bertz CT molecular complexity index is 637. The van der Waals surface area contributed by atoms with E-state index in [0.717, 1.165) is 44.8 Å². The van der Waals surface area contributed by atoms with Crippen molar-refractivity contribution in [2.24, 2.45) is 29.4 Å². The molecule has 1 heterocycles. The van der Waals surface area contributed by atoms with Gasteiger partial charge in [0.1, 0.15) is 5.75 Å². The molecule has 1 aromatic rings. The van der Waals surface area contributed by atoms with E-state index in [1.807, 2.05) is 12.1 Å². The topological polar surface area (TPSA) is 67.6 Å². The van der Waals surface area contributed by atoms with E-state index in [0.29, 0.717) is 17.8 Å². The Balaban J connectivity index is 1.19. The van der Waals surface area contributed by atoms with Crippen LogP contribution in [0.3, 0.4) is 0 Å². The van der Waals surface area contributed by atoms with Gasteiger partial charge in [0.2, 0.25) is 5.91 Å². The lowest BCUT2D eigenvalue weighted by Crippen LogP contribution is -2.47. The second-order valence-electron chi connectivity index (χ2n) is 8.75. The molecule has 27 heavy (non-hydrogen) atoms. The van der Waals surface area contributed by atoms with E-state index in [4.69, 9.17) is 10.5 Å². The summed E-state index contributed by atoms with van der Waals surface area (Å²) in [5.74, 6) is 2.91. The van der Waals surface area contributed by atoms with E-state index in [9.17, 15) is 4.79 Å². The van der Waals surface area contributed by atoms with Gasteiger partial charge in [-0.05, 0) is 80.6 Å². The fourth-order valence-electron chi connectivity index (χ4n) is 5.43. The fraction of sp³-hybridized carbons (Fsp3) is 0.682. The van der Waals surface area contributed by atoms with Crippen LogP contribution >= 0.6 is 0 Å². The molecule has 0 aromatic heterocycles. The highest BCUT2D eigenvalue weighted by molar-refractivity contribution is 5.80. The van der Waals surface area contributed by atoms with Crippen molar-refractivity contribution in [2.75, 3.05) is 26.7 Å². The molecule has 1 saturated heterocycles. The lowest BCUT2D eigenvalue weighted by molar-refractivity contribution is -0.127. The first-order valence-corrected chi connectivity index (χ1v) is 10.5. The van der Waals surface area contributed by atoms with E-state index in [1.54, 1.807) is 7.11 Å². The van der Waals surface area contributed by atoms with Crippen molar-refractivity contribution < 1.29 is 9.53 Å². The summed E-state index contributed by atoms with van der Waals surface area (Å²) in [6.45, 7) is 4.00. The average Bonchev–Trinajstić information content (AvgIpc) is 3.29. The molecular weight excluding hydrogens is 338 g/mol. The van der Waals surface area contributed by atoms with Crippen LogP contribution in [0.15, 0.2) is 24.3 Å². The summed E-state index contributed by atoms with van der Waals surface area (Å²) in [5.41, 5.74) is 7.63. The van der Waals surface area contributed by atoms with Gasteiger partial charge in [-0.2, -0.15) is 0 Å². The number of carbonyl (C=O) groups is 1. The fourth-order valence-corrected chi connectivity index (χ4v) is 5.43. The molecule has 1 aliphatic heterocycles. The predicted molar refractivity (Wildman–Crippen MR) is 106 cm³/mol. The minimum Gasteiger partial charge on any atom is -0.497 e. The van der Waals surface area contributed by atoms with E-state index in [1.165, 1.54) is 24.8 Å². The number of hydrogen-bond acceptors (Lipinski definition) is 4. The van der Waals surface area contributed by atoms with Gasteiger partial charge in [0.05, 0.1) is 13.0 Å². The molecule has 5 heteroatoms. The number of likely N-dealkylation sites (tertiary alicyclic amines) is 1. The quantitative estimate of drug-likeness (QED) is 0.806. The number of benzene rings is 1. The number of amides is 1. The number of carbonyl (C=O) groups excluding carboxylic acids is 1. The Kier molecular flexibility index (Phi) is 5.69. The lowest BCUT2D eigenvalue weighted by Gasteiger charge is -2.33. The molecule has 4 unspecified atom stereocenters. The van der Waals surface area contributed by atoms with Crippen LogP contribution < -0.4 is 15.8 Å². The van der Waals surface area contributed by atoms with Gasteiger partial charge in [0.25, 0.3) is 0 Å². The molecule has 148 valence electrons. The standard InChI is InChI=1S/C22H33N3O2/c1-27-19-6-2-16(3-7-19)14-25-10-8-15(9-11-25)13-24-22(26)20-17-4-5-18(12-17)21(20)23/h2-3,6-7,15,17-18,20-21H,4-5,8-14,23H2,1H3,(H,24,26). The third kappa shape index (κ3) is 4.14. The second kappa shape index (κ2) is 8.19. The monoisotopic (exact) mass is 371 g/mol. The Labute approximate surface area is 162 Å². The first kappa shape index (κ1) is 18.8. The van der Waals surface area contributed by atoms with Crippen molar-refractivity contribution in [3.05, 3.63) is 29.8 Å². The second-order valence-corrected chi connectivity index (χ2v) is 8.75. The molecule has 4 rings (SSSR count). The van der Waals surface area contributed by atoms with Crippen molar-refractivity contribution in [1.29, 1.82) is 0 Å². The number of piperidine rings is 1. The van der Waals surface area contributed by atoms with Gasteiger partial charge >= 0.3 is 0 Å². The van der Waals surface area contributed by atoms with Crippen molar-refractivity contribution in [2.45, 2.75) is 44.7 Å². The molecular formula is C22H33N3O2. The van der Waals surface area contributed by atoms with Gasteiger partial charge in [0, 0.05) is 19.1 Å². The SMILES string of the molecule is COc1ccc(CN2CCC(CNC(=O)C3C4CCC(C4)C3N)CC2)cc1. The summed E-state index contributed by atoms with van der Waals surface area (Å²) < 4.78 is 5.22. The lowest BCUT2D eigenvalue weighted by atomic mass is 9.84. The number of hydrogen-bond donors (Lipinski definition) is 2. The molecule has 0 spiro atoms. The van der Waals surface area contributed by atoms with Crippen LogP contribution in [0.2, 0.25) is 0 Å². The average molecular weight is 372 g/mol. The molecule has 2 saturated carbocycles. The van der Waals surface area contributed by atoms with Crippen molar-refractivity contribution in [1.82, 2.24) is 10.2 Å². The largest absolute Gasteiger partial charge is 0.497 e. The highest BCUT2D eigenvalue weighted by Gasteiger charge is 2.49. The van der Waals surface area contributed by atoms with Crippen LogP contribution in [0.4, 0.5) is 0 Å². The number of fused-ring (bicyclic) bond motifs is 2. The number of nitrogens with two attached hydrogens (primary N) is 1. The summed E-state index contributed by atoms with van der Waals surface area (Å²) in [6, 6.07) is 8.43. The van der Waals surface area contributed by atoms with Crippen LogP contribution in [0.1, 0.15) is 37.7 Å². The highest BCUT2D eigenvalue weighted by atomic mass is 16.5. The highest BCUT2D eigenvalue weighted by Crippen LogP contribution is 2.47. The maximum Gasteiger partial charge on any atom is 0.224 e. The van der Waals surface area contributed by atoms with Crippen LogP contribution in [0.5, 0.6) is 5.75 Å². The van der Waals surface area contributed by atoms with Gasteiger partial charge in [-0.15, -0.1) is 0 Å². The van der Waals surface area contributed by atoms with Crippen molar-refractivity contribution in [3.63, 3.8) is 0 Å². The van der Waals surface area contributed by atoms with Crippen molar-refractivity contribution >= 4 is 5.91 Å². The number of methoxy groups -OCH3 is 1. The van der Waals surface area contributed by atoms with Crippen LogP contribution in [-0.2, 0) is 11.3 Å². The zero-order chi connectivity index (χ0) is 18.8. The van der Waals surface area contributed by atoms with Gasteiger partial charge < -0.3 is 15.8 Å². The third-order valence-corrected chi connectivity index (χ3v) is 7.12. The smallest absolute Gasteiger partial charge is 0.224 e. The molecule has 3 N–H and O–H groups in total. The molecule has 5 nitrogen and oxygen atoms in total. The minimum absolute atomic E-state index is 0.0684. The Hall–Kier alpha value is -1.59. The summed E-state index contributed by atoms with van der Waals surface area (Å²) in [4.78, 5) is 15.1. The molecule has 3 fully saturated rings. The molecule has 4 atom stereocenters. The van der Waals surface area contributed by atoms with Crippen LogP contribution in [-0.4, -0.2) is 43.6 Å². The van der Waals surface area contributed by atoms with E-state index >= 15 is 0 Å². The molecule has 1 aromatic carbocycles. The van der Waals surface area contributed by atoms with Gasteiger partial charge in [-0.1, -0.05) is 12.1 Å². The van der Waals surface area contributed by atoms with Gasteiger partial charge in [-0.3, -0.25) is 9.69 Å². The maximum atomic E-state index is 12.6. The normalized spacial score (nSPS) is 31.2. The minimum atomic E-state index is 0.0684. The first-order chi connectivity index (χ1) is 13.1. The molecule has 0 radical (unpaired) electrons.